The van der Waals surface area contributed by atoms with E-state index in [1.54, 1.807) is 14.2 Å². The van der Waals surface area contributed by atoms with Crippen LogP contribution >= 0.6 is 0 Å². The Kier molecular flexibility index (Phi) is 3.06. The summed E-state index contributed by atoms with van der Waals surface area (Å²) in [5.74, 6) is 2.90. The second-order valence-electron chi connectivity index (χ2n) is 4.47. The van der Waals surface area contributed by atoms with Crippen molar-refractivity contribution < 1.29 is 9.47 Å². The first-order valence-electron chi connectivity index (χ1n) is 5.65. The highest BCUT2D eigenvalue weighted by Crippen LogP contribution is 2.52. The summed E-state index contributed by atoms with van der Waals surface area (Å²) in [4.78, 5) is 0. The van der Waals surface area contributed by atoms with Crippen molar-refractivity contribution in [3.05, 3.63) is 23.8 Å². The molecule has 0 spiro atoms. The fourth-order valence-electron chi connectivity index (χ4n) is 2.28. The molecule has 1 aromatic rings. The fourth-order valence-corrected chi connectivity index (χ4v) is 2.28. The van der Waals surface area contributed by atoms with Gasteiger partial charge in [0.2, 0.25) is 0 Å². The summed E-state index contributed by atoms with van der Waals surface area (Å²) in [5.41, 5.74) is 7.16. The second-order valence-corrected chi connectivity index (χ2v) is 4.47. The van der Waals surface area contributed by atoms with Crippen LogP contribution in [-0.4, -0.2) is 20.3 Å². The maximum absolute atomic E-state index is 5.91. The fraction of sp³-hybridized carbons (Fsp3) is 0.538. The van der Waals surface area contributed by atoms with Crippen LogP contribution in [0.3, 0.4) is 0 Å². The highest BCUT2D eigenvalue weighted by Gasteiger charge is 2.42. The molecule has 1 aromatic carbocycles. The zero-order chi connectivity index (χ0) is 11.7. The Balaban J connectivity index is 2.22. The van der Waals surface area contributed by atoms with Crippen molar-refractivity contribution in [2.24, 2.45) is 11.7 Å². The zero-order valence-corrected chi connectivity index (χ0v) is 10.1. The molecule has 1 fully saturated rings. The Hall–Kier alpha value is -1.22. The van der Waals surface area contributed by atoms with Gasteiger partial charge in [-0.1, -0.05) is 6.07 Å². The molecule has 0 unspecified atom stereocenters. The van der Waals surface area contributed by atoms with E-state index in [4.69, 9.17) is 15.2 Å². The van der Waals surface area contributed by atoms with Crippen molar-refractivity contribution in [3.63, 3.8) is 0 Å². The third kappa shape index (κ3) is 2.00. The Morgan fingerprint density at radius 1 is 1.31 bits per heavy atom. The van der Waals surface area contributed by atoms with Gasteiger partial charge in [0, 0.05) is 12.1 Å². The first-order chi connectivity index (χ1) is 7.67. The topological polar surface area (TPSA) is 44.5 Å². The third-order valence-electron chi connectivity index (χ3n) is 3.36. The largest absolute Gasteiger partial charge is 0.497 e. The third-order valence-corrected chi connectivity index (χ3v) is 3.36. The summed E-state index contributed by atoms with van der Waals surface area (Å²) in [6.45, 7) is 2.07. The van der Waals surface area contributed by atoms with E-state index in [2.05, 4.69) is 13.0 Å². The maximum Gasteiger partial charge on any atom is 0.126 e. The van der Waals surface area contributed by atoms with Gasteiger partial charge in [-0.05, 0) is 36.8 Å². The van der Waals surface area contributed by atoms with Gasteiger partial charge >= 0.3 is 0 Å². The number of ether oxygens (including phenoxy) is 2. The minimum Gasteiger partial charge on any atom is -0.497 e. The van der Waals surface area contributed by atoms with Gasteiger partial charge in [-0.2, -0.15) is 0 Å². The van der Waals surface area contributed by atoms with Crippen LogP contribution in [0, 0.1) is 5.92 Å². The number of methoxy groups -OCH3 is 2. The van der Waals surface area contributed by atoms with Crippen LogP contribution in [0.2, 0.25) is 0 Å². The molecule has 3 heteroatoms. The average molecular weight is 221 g/mol. The van der Waals surface area contributed by atoms with Crippen molar-refractivity contribution >= 4 is 0 Å². The number of rotatable bonds is 4. The molecule has 0 aromatic heterocycles. The Morgan fingerprint density at radius 2 is 2.06 bits per heavy atom. The van der Waals surface area contributed by atoms with E-state index in [1.807, 2.05) is 12.1 Å². The van der Waals surface area contributed by atoms with Gasteiger partial charge in [-0.15, -0.1) is 0 Å². The van der Waals surface area contributed by atoms with Crippen molar-refractivity contribution in [2.75, 3.05) is 14.2 Å². The molecule has 0 amide bonds. The Bertz CT molecular complexity index is 376. The molecule has 1 aliphatic carbocycles. The quantitative estimate of drug-likeness (QED) is 0.847. The molecule has 0 heterocycles. The first kappa shape index (κ1) is 11.3. The molecule has 2 rings (SSSR count). The van der Waals surface area contributed by atoms with E-state index in [-0.39, 0.29) is 6.04 Å². The monoisotopic (exact) mass is 221 g/mol. The van der Waals surface area contributed by atoms with Gasteiger partial charge in [-0.25, -0.2) is 0 Å². The van der Waals surface area contributed by atoms with Gasteiger partial charge in [0.05, 0.1) is 14.2 Å². The van der Waals surface area contributed by atoms with E-state index >= 15 is 0 Å². The summed E-state index contributed by atoms with van der Waals surface area (Å²) in [5, 5.41) is 0. The minimum atomic E-state index is 0.261. The molecule has 1 aliphatic rings. The van der Waals surface area contributed by atoms with E-state index in [9.17, 15) is 0 Å². The van der Waals surface area contributed by atoms with Crippen molar-refractivity contribution in [3.8, 4) is 11.5 Å². The van der Waals surface area contributed by atoms with Crippen LogP contribution in [0.15, 0.2) is 18.2 Å². The number of benzene rings is 1. The highest BCUT2D eigenvalue weighted by atomic mass is 16.5. The lowest BCUT2D eigenvalue weighted by Crippen LogP contribution is -2.18. The first-order valence-corrected chi connectivity index (χ1v) is 5.65. The predicted octanol–water partition coefficient (Wildman–Crippen LogP) is 2.15. The molecule has 0 radical (unpaired) electrons. The van der Waals surface area contributed by atoms with Crippen LogP contribution < -0.4 is 15.2 Å². The maximum atomic E-state index is 5.91. The van der Waals surface area contributed by atoms with E-state index in [0.717, 1.165) is 11.5 Å². The summed E-state index contributed by atoms with van der Waals surface area (Å²) in [6.07, 6.45) is 1.17. The van der Waals surface area contributed by atoms with Gasteiger partial charge in [0.15, 0.2) is 0 Å². The van der Waals surface area contributed by atoms with Gasteiger partial charge in [0.1, 0.15) is 11.5 Å². The summed E-state index contributed by atoms with van der Waals surface area (Å²) in [7, 11) is 3.36. The number of nitrogens with two attached hydrogens (primary N) is 1. The molecule has 0 aliphatic heterocycles. The summed E-state index contributed by atoms with van der Waals surface area (Å²) in [6, 6.07) is 6.27. The lowest BCUT2D eigenvalue weighted by atomic mass is 10.1. The van der Waals surface area contributed by atoms with Gasteiger partial charge < -0.3 is 15.2 Å². The van der Waals surface area contributed by atoms with Crippen molar-refractivity contribution in [2.45, 2.75) is 25.3 Å². The second kappa shape index (κ2) is 4.34. The highest BCUT2D eigenvalue weighted by molar-refractivity contribution is 5.45. The van der Waals surface area contributed by atoms with Crippen molar-refractivity contribution in [1.29, 1.82) is 0 Å². The normalized spacial score (nSPS) is 25.0. The Morgan fingerprint density at radius 3 is 2.56 bits per heavy atom. The molecule has 0 saturated heterocycles. The molecular weight excluding hydrogens is 202 g/mol. The van der Waals surface area contributed by atoms with E-state index in [1.165, 1.54) is 12.0 Å². The van der Waals surface area contributed by atoms with Gasteiger partial charge in [0.25, 0.3) is 0 Å². The van der Waals surface area contributed by atoms with Crippen LogP contribution in [0.25, 0.3) is 0 Å². The molecule has 16 heavy (non-hydrogen) atoms. The van der Waals surface area contributed by atoms with Crippen LogP contribution in [0.4, 0.5) is 0 Å². The summed E-state index contributed by atoms with van der Waals surface area (Å²) < 4.78 is 10.6. The molecule has 0 bridgehead atoms. The van der Waals surface area contributed by atoms with E-state index < -0.39 is 0 Å². The minimum absolute atomic E-state index is 0.261. The SMILES string of the molecule is COc1ccc([C@@H]2C[C@H]2[C@@H](C)N)c(OC)c1. The van der Waals surface area contributed by atoms with Crippen LogP contribution in [0.1, 0.15) is 24.8 Å². The number of hydrogen-bond acceptors (Lipinski definition) is 3. The number of hydrogen-bond donors (Lipinski definition) is 1. The zero-order valence-electron chi connectivity index (χ0n) is 10.1. The molecule has 2 N–H and O–H groups in total. The smallest absolute Gasteiger partial charge is 0.126 e. The standard InChI is InChI=1S/C13H19NO2/c1-8(14)11-7-12(11)10-5-4-9(15-2)6-13(10)16-3/h4-6,8,11-12H,7,14H2,1-3H3/t8-,11+,12+/m1/s1. The molecule has 1 saturated carbocycles. The van der Waals surface area contributed by atoms with E-state index in [0.29, 0.717) is 11.8 Å². The van der Waals surface area contributed by atoms with Crippen LogP contribution in [-0.2, 0) is 0 Å². The lowest BCUT2D eigenvalue weighted by molar-refractivity contribution is 0.390. The Labute approximate surface area is 96.5 Å². The lowest BCUT2D eigenvalue weighted by Gasteiger charge is -2.11. The average Bonchev–Trinajstić information content (AvgIpc) is 3.08. The van der Waals surface area contributed by atoms with Crippen molar-refractivity contribution in [1.82, 2.24) is 0 Å². The summed E-state index contributed by atoms with van der Waals surface area (Å²) >= 11 is 0. The molecule has 3 atom stereocenters. The predicted molar refractivity (Wildman–Crippen MR) is 64.0 cm³/mol. The van der Waals surface area contributed by atoms with Crippen LogP contribution in [0.5, 0.6) is 11.5 Å². The molecule has 88 valence electrons. The molecule has 3 nitrogen and oxygen atoms in total. The molecular formula is C13H19NO2. The van der Waals surface area contributed by atoms with Gasteiger partial charge in [-0.3, -0.25) is 0 Å².